The van der Waals surface area contributed by atoms with Crippen molar-refractivity contribution in [1.82, 2.24) is 9.36 Å². The van der Waals surface area contributed by atoms with Crippen molar-refractivity contribution < 1.29 is 75.2 Å². The largest absolute Gasteiger partial charge is 1.00 e. The van der Waals surface area contributed by atoms with Crippen molar-refractivity contribution >= 4 is 30.9 Å². The van der Waals surface area contributed by atoms with Gasteiger partial charge in [0.05, 0.1) is 11.6 Å². The molecule has 0 unspecified atom stereocenters. The number of hydrogen-bond acceptors (Lipinski definition) is 14. The van der Waals surface area contributed by atoms with Gasteiger partial charge in [-0.3, -0.25) is 4.79 Å². The molecule has 1 aromatic heterocycles. The van der Waals surface area contributed by atoms with E-state index in [4.69, 9.17) is 31.4 Å². The molecule has 0 saturated heterocycles. The Kier molecular flexibility index (Phi) is 16.1. The predicted octanol–water partition coefficient (Wildman–Crippen LogP) is 1.04. The van der Waals surface area contributed by atoms with Gasteiger partial charge in [-0.05, 0) is 78.3 Å². The minimum absolute atomic E-state index is 0. The van der Waals surface area contributed by atoms with Crippen LogP contribution in [0.1, 0.15) is 15.9 Å². The van der Waals surface area contributed by atoms with Crippen LogP contribution in [0.15, 0.2) is 72.8 Å². The van der Waals surface area contributed by atoms with E-state index in [1.165, 1.54) is 54.6 Å². The zero-order valence-electron chi connectivity index (χ0n) is 23.7. The maximum atomic E-state index is 10.5. The molecule has 0 spiro atoms. The Hall–Kier alpha value is -4.85. The second kappa shape index (κ2) is 18.1. The van der Waals surface area contributed by atoms with E-state index in [1.807, 2.05) is 6.07 Å². The van der Waals surface area contributed by atoms with E-state index >= 15 is 0 Å². The molecule has 45 heavy (non-hydrogen) atoms. The SMILES string of the molecule is N#Cc1ccc(O)c(O)c1.NC(=O)c1ccc(O)c(O)c1.Oc1ccc(-c2nsc(-c3ccc(O)c(O)c3)n2)cc1O.[CH3-].[Na+].[SH-]. The molecule has 0 aliphatic rings. The van der Waals surface area contributed by atoms with Crippen LogP contribution in [-0.2, 0) is 13.5 Å². The summed E-state index contributed by atoms with van der Waals surface area (Å²) < 4.78 is 4.18. The van der Waals surface area contributed by atoms with Crippen molar-refractivity contribution in [3.8, 4) is 74.0 Å². The van der Waals surface area contributed by atoms with E-state index in [0.717, 1.165) is 17.6 Å². The first-order chi connectivity index (χ1) is 19.9. The van der Waals surface area contributed by atoms with Crippen LogP contribution in [0.4, 0.5) is 0 Å². The second-order valence-corrected chi connectivity index (χ2v) is 8.97. The van der Waals surface area contributed by atoms with Gasteiger partial charge in [0.2, 0.25) is 5.91 Å². The Bertz CT molecular complexity index is 1730. The number of primary amides is 1. The molecule has 13 nitrogen and oxygen atoms in total. The first-order valence-corrected chi connectivity index (χ1v) is 12.3. The summed E-state index contributed by atoms with van der Waals surface area (Å²) in [6.45, 7) is 0. The average molecular weight is 662 g/mol. The van der Waals surface area contributed by atoms with Crippen LogP contribution in [0.25, 0.3) is 22.0 Å². The van der Waals surface area contributed by atoms with Crippen LogP contribution in [0.3, 0.4) is 0 Å². The molecule has 1 heterocycles. The van der Waals surface area contributed by atoms with Gasteiger partial charge in [0.1, 0.15) is 5.01 Å². The maximum absolute atomic E-state index is 10.5. The van der Waals surface area contributed by atoms with E-state index in [0.29, 0.717) is 27.5 Å². The van der Waals surface area contributed by atoms with E-state index in [1.54, 1.807) is 12.1 Å². The normalized spacial score (nSPS) is 9.22. The number of amides is 1. The number of carbonyl (C=O) groups excluding carboxylic acids is 1. The summed E-state index contributed by atoms with van der Waals surface area (Å²) in [5.74, 6) is -2.21. The molecule has 230 valence electrons. The third-order valence-electron chi connectivity index (χ3n) is 5.25. The molecule has 0 radical (unpaired) electrons. The summed E-state index contributed by atoms with van der Waals surface area (Å²) in [4.78, 5) is 14.8. The van der Waals surface area contributed by atoms with Gasteiger partial charge in [0.15, 0.2) is 51.8 Å². The van der Waals surface area contributed by atoms with Gasteiger partial charge >= 0.3 is 29.6 Å². The van der Waals surface area contributed by atoms with Gasteiger partial charge < -0.3 is 67.5 Å². The quantitative estimate of drug-likeness (QED) is 0.0431. The molecule has 10 N–H and O–H groups in total. The first kappa shape index (κ1) is 40.1. The zero-order valence-corrected chi connectivity index (χ0v) is 27.4. The molecule has 0 bridgehead atoms. The Morgan fingerprint density at radius 2 is 1.11 bits per heavy atom. The van der Waals surface area contributed by atoms with Crippen molar-refractivity contribution in [2.24, 2.45) is 5.73 Å². The summed E-state index contributed by atoms with van der Waals surface area (Å²) >= 11 is 1.12. The van der Waals surface area contributed by atoms with Crippen LogP contribution in [0.5, 0.6) is 46.0 Å². The Morgan fingerprint density at radius 1 is 0.667 bits per heavy atom. The number of thiol groups is 1. The fourth-order valence-corrected chi connectivity index (χ4v) is 3.73. The van der Waals surface area contributed by atoms with Crippen LogP contribution in [0, 0.1) is 18.8 Å². The smallest absolute Gasteiger partial charge is 0.813 e. The molecular weight excluding hydrogens is 635 g/mol. The molecule has 0 saturated carbocycles. The van der Waals surface area contributed by atoms with Gasteiger partial charge in [0.25, 0.3) is 0 Å². The first-order valence-electron chi connectivity index (χ1n) is 11.5. The summed E-state index contributed by atoms with van der Waals surface area (Å²) in [5, 5.41) is 81.8. The molecule has 5 aromatic rings. The third kappa shape index (κ3) is 11.0. The third-order valence-corrected chi connectivity index (χ3v) is 6.01. The van der Waals surface area contributed by atoms with Crippen LogP contribution >= 0.6 is 11.5 Å². The van der Waals surface area contributed by atoms with Crippen LogP contribution in [0.2, 0.25) is 0 Å². The average Bonchev–Trinajstić information content (AvgIpc) is 3.46. The molecule has 0 aliphatic carbocycles. The monoisotopic (exact) mass is 661 g/mol. The van der Waals surface area contributed by atoms with Crippen molar-refractivity contribution in [1.29, 1.82) is 5.26 Å². The van der Waals surface area contributed by atoms with E-state index < -0.39 is 5.91 Å². The second-order valence-electron chi connectivity index (χ2n) is 8.21. The number of nitrogens with two attached hydrogens (primary N) is 1. The summed E-state index contributed by atoms with van der Waals surface area (Å²) in [6, 6.07) is 18.1. The summed E-state index contributed by atoms with van der Waals surface area (Å²) in [7, 11) is 0. The zero-order chi connectivity index (χ0) is 31.0. The number of carbonyl (C=O) groups is 1. The van der Waals surface area contributed by atoms with Crippen molar-refractivity contribution in [2.45, 2.75) is 0 Å². The van der Waals surface area contributed by atoms with E-state index in [-0.39, 0.29) is 102 Å². The molecule has 1 amide bonds. The Balaban J connectivity index is 0.000000690. The van der Waals surface area contributed by atoms with Gasteiger partial charge in [-0.25, -0.2) is 4.98 Å². The molecule has 0 fully saturated rings. The molecule has 0 atom stereocenters. The number of nitriles is 1. The molecule has 0 aliphatic heterocycles. The Labute approximate surface area is 290 Å². The van der Waals surface area contributed by atoms with Gasteiger partial charge in [-0.15, -0.1) is 0 Å². The molecule has 4 aromatic carbocycles. The van der Waals surface area contributed by atoms with Crippen molar-refractivity contribution in [3.05, 3.63) is 91.3 Å². The molecular formula is C29H26N4NaO9S2-. The maximum Gasteiger partial charge on any atom is 1.00 e. The minimum Gasteiger partial charge on any atom is -0.813 e. The van der Waals surface area contributed by atoms with Crippen molar-refractivity contribution in [2.75, 3.05) is 0 Å². The number of aromatic hydroxyl groups is 8. The number of hydrogen-bond donors (Lipinski definition) is 9. The standard InChI is InChI=1S/C14H10N2O4S.C7H7NO3.C7H5NO2.CH3.Na.H2S/c17-9-3-1-7(5-11(9)19)13-15-14(21-16-13)8-2-4-10(18)12(20)6-8;8-7(11)4-1-2-5(9)6(10)3-4;8-4-5-1-2-6(9)7(10)3-5;;;/h1-6,17-20H;1-3,9-10H,(H2,8,11);1-3,9-10H;1H3;;1H2/q;;;-1;+1;/p-1. The Morgan fingerprint density at radius 3 is 1.58 bits per heavy atom. The number of phenols is 8. The molecule has 16 heteroatoms. The van der Waals surface area contributed by atoms with Crippen molar-refractivity contribution in [3.63, 3.8) is 0 Å². The van der Waals surface area contributed by atoms with E-state index in [2.05, 4.69) is 9.36 Å². The molecule has 5 rings (SSSR count). The van der Waals surface area contributed by atoms with Gasteiger partial charge in [-0.2, -0.15) is 9.64 Å². The number of aromatic nitrogens is 2. The minimum atomic E-state index is -0.639. The van der Waals surface area contributed by atoms with Gasteiger partial charge in [-0.1, -0.05) is 0 Å². The fraction of sp³-hybridized carbons (Fsp3) is 0. The predicted molar refractivity (Wildman–Crippen MR) is 165 cm³/mol. The van der Waals surface area contributed by atoms with Gasteiger partial charge in [0, 0.05) is 22.8 Å². The summed E-state index contributed by atoms with van der Waals surface area (Å²) in [5.41, 5.74) is 6.58. The number of phenolic OH excluding ortho intramolecular Hbond substituents is 8. The number of nitrogens with zero attached hydrogens (tertiary/aromatic N) is 3. The summed E-state index contributed by atoms with van der Waals surface area (Å²) in [6.07, 6.45) is 0. The van der Waals surface area contributed by atoms with Crippen LogP contribution in [-0.4, -0.2) is 56.1 Å². The number of rotatable bonds is 3. The van der Waals surface area contributed by atoms with E-state index in [9.17, 15) is 25.2 Å². The topological polar surface area (TPSA) is 254 Å². The fourth-order valence-electron chi connectivity index (χ4n) is 3.05. The van der Waals surface area contributed by atoms with Crippen LogP contribution < -0.4 is 35.3 Å². The number of benzene rings is 4.